The maximum atomic E-state index is 14.5. The first-order valence-corrected chi connectivity index (χ1v) is 11.9. The van der Waals surface area contributed by atoms with E-state index < -0.39 is 30.2 Å². The number of carbonyl (C=O) groups is 2. The van der Waals surface area contributed by atoms with Gasteiger partial charge in [0.25, 0.3) is 0 Å². The lowest BCUT2D eigenvalue weighted by Crippen LogP contribution is -2.32. The molecule has 2 aromatic carbocycles. The monoisotopic (exact) mass is 519 g/mol. The number of carbonyl (C=O) groups excluding carboxylic acids is 1. The second kappa shape index (κ2) is 11.9. The van der Waals surface area contributed by atoms with Crippen LogP contribution in [0.5, 0.6) is 0 Å². The zero-order valence-corrected chi connectivity index (χ0v) is 20.9. The molecule has 3 aromatic rings. The van der Waals surface area contributed by atoms with Crippen LogP contribution in [0.3, 0.4) is 0 Å². The summed E-state index contributed by atoms with van der Waals surface area (Å²) in [6.45, 7) is 1.51. The van der Waals surface area contributed by atoms with Crippen LogP contribution in [-0.2, 0) is 17.8 Å². The number of thiophene rings is 1. The van der Waals surface area contributed by atoms with E-state index in [9.17, 15) is 23.5 Å². The highest BCUT2D eigenvalue weighted by Crippen LogP contribution is 2.44. The molecule has 0 radical (unpaired) electrons. The number of hydrogen-bond donors (Lipinski definition) is 3. The van der Waals surface area contributed by atoms with Crippen LogP contribution in [-0.4, -0.2) is 48.0 Å². The molecule has 0 saturated carbocycles. The van der Waals surface area contributed by atoms with Gasteiger partial charge in [-0.1, -0.05) is 25.1 Å². The lowest BCUT2D eigenvalue weighted by atomic mass is 10.0. The Kier molecular flexibility index (Phi) is 8.97. The molecular weight excluding hydrogens is 492 g/mol. The molecule has 0 aliphatic carbocycles. The van der Waals surface area contributed by atoms with Crippen LogP contribution in [0.15, 0.2) is 42.5 Å². The number of ether oxygens (including phenoxy) is 1. The van der Waals surface area contributed by atoms with Gasteiger partial charge in [-0.2, -0.15) is 0 Å². The predicted octanol–water partition coefficient (Wildman–Crippen LogP) is 5.81. The number of hydrogen-bond acceptors (Lipinski definition) is 7. The molecule has 36 heavy (non-hydrogen) atoms. The van der Waals surface area contributed by atoms with Gasteiger partial charge in [0, 0.05) is 22.5 Å². The summed E-state index contributed by atoms with van der Waals surface area (Å²) in [7, 11) is 3.54. The number of benzene rings is 2. The third-order valence-electron chi connectivity index (χ3n) is 5.23. The Balaban J connectivity index is 2.24. The Bertz CT molecular complexity index is 1210. The van der Waals surface area contributed by atoms with Gasteiger partial charge in [-0.15, -0.1) is 11.3 Å². The number of halogens is 2. The van der Waals surface area contributed by atoms with E-state index in [-0.39, 0.29) is 29.3 Å². The molecule has 11 heteroatoms. The van der Waals surface area contributed by atoms with Crippen LogP contribution in [0.1, 0.15) is 34.8 Å². The quantitative estimate of drug-likeness (QED) is 0.291. The molecule has 3 rings (SSSR count). The number of amides is 1. The zero-order chi connectivity index (χ0) is 26.4. The Morgan fingerprint density at radius 1 is 1.03 bits per heavy atom. The first-order valence-electron chi connectivity index (χ1n) is 11.1. The zero-order valence-electron chi connectivity index (χ0n) is 20.0. The number of aromatic carboxylic acids is 1. The van der Waals surface area contributed by atoms with Gasteiger partial charge < -0.3 is 14.7 Å². The number of carboxylic acids is 1. The van der Waals surface area contributed by atoms with Crippen molar-refractivity contribution in [1.29, 1.82) is 0 Å². The van der Waals surface area contributed by atoms with Gasteiger partial charge in [0.2, 0.25) is 0 Å². The lowest BCUT2D eigenvalue weighted by Gasteiger charge is -2.22. The highest BCUT2D eigenvalue weighted by atomic mass is 32.1. The molecule has 0 bridgehead atoms. The predicted molar refractivity (Wildman–Crippen MR) is 134 cm³/mol. The Hall–Kier alpha value is -3.54. The third kappa shape index (κ3) is 5.99. The number of carboxylic acid groups (broad SMARTS) is 1. The van der Waals surface area contributed by atoms with Crippen LogP contribution in [0.2, 0.25) is 0 Å². The van der Waals surface area contributed by atoms with Gasteiger partial charge in [-0.05, 0) is 50.3 Å². The van der Waals surface area contributed by atoms with Gasteiger partial charge in [0.05, 0.1) is 24.4 Å². The summed E-state index contributed by atoms with van der Waals surface area (Å²) >= 11 is 1.01. The fraction of sp³-hybridized carbons (Fsp3) is 0.280. The van der Waals surface area contributed by atoms with Crippen molar-refractivity contribution >= 4 is 34.1 Å². The van der Waals surface area contributed by atoms with Crippen molar-refractivity contribution in [2.45, 2.75) is 26.4 Å². The molecule has 0 unspecified atom stereocenters. The highest BCUT2D eigenvalue weighted by Gasteiger charge is 2.32. The van der Waals surface area contributed by atoms with Crippen molar-refractivity contribution in [3.63, 3.8) is 0 Å². The number of rotatable bonds is 10. The number of nitrogens with zero attached hydrogens (tertiary/aromatic N) is 2. The summed E-state index contributed by atoms with van der Waals surface area (Å²) in [5.41, 5.74) is 3.01. The standard InChI is InChI=1S/C25H27F2N3O5S/c1-4-12-35-25(33)30(14-17-19(26)6-5-7-20(17)27)23-21(24(31)32)18(13-29(2)3)22(36-23)15-8-10-16(28-34)11-9-15/h5-11,28,34H,4,12-14H2,1-3H3,(H,31,32). The molecule has 0 saturated heterocycles. The van der Waals surface area contributed by atoms with E-state index in [1.54, 1.807) is 50.2 Å². The second-order valence-electron chi connectivity index (χ2n) is 8.22. The van der Waals surface area contributed by atoms with Gasteiger partial charge >= 0.3 is 12.1 Å². The van der Waals surface area contributed by atoms with Crippen molar-refractivity contribution in [2.24, 2.45) is 0 Å². The molecule has 1 amide bonds. The molecule has 0 aliphatic rings. The summed E-state index contributed by atoms with van der Waals surface area (Å²) in [6, 6.07) is 9.94. The molecule has 0 atom stereocenters. The maximum Gasteiger partial charge on any atom is 0.415 e. The maximum absolute atomic E-state index is 14.5. The van der Waals surface area contributed by atoms with Crippen molar-refractivity contribution in [1.82, 2.24) is 4.90 Å². The van der Waals surface area contributed by atoms with E-state index in [0.717, 1.165) is 28.4 Å². The summed E-state index contributed by atoms with van der Waals surface area (Å²) in [5, 5.41) is 19.3. The van der Waals surface area contributed by atoms with E-state index in [4.69, 9.17) is 9.94 Å². The van der Waals surface area contributed by atoms with E-state index in [1.807, 2.05) is 5.48 Å². The average Bonchev–Trinajstić information content (AvgIpc) is 3.20. The van der Waals surface area contributed by atoms with Crippen molar-refractivity contribution in [3.05, 3.63) is 70.8 Å². The molecule has 192 valence electrons. The van der Waals surface area contributed by atoms with Gasteiger partial charge in [0.15, 0.2) is 0 Å². The summed E-state index contributed by atoms with van der Waals surface area (Å²) in [5.74, 6) is -3.02. The fourth-order valence-corrected chi connectivity index (χ4v) is 4.89. The lowest BCUT2D eigenvalue weighted by molar-refractivity contribution is 0.0696. The molecule has 1 heterocycles. The van der Waals surface area contributed by atoms with Crippen LogP contribution >= 0.6 is 11.3 Å². The molecule has 3 N–H and O–H groups in total. The van der Waals surface area contributed by atoms with E-state index in [2.05, 4.69) is 0 Å². The third-order valence-corrected chi connectivity index (χ3v) is 6.53. The van der Waals surface area contributed by atoms with Gasteiger partial charge in [0.1, 0.15) is 16.6 Å². The highest BCUT2D eigenvalue weighted by molar-refractivity contribution is 7.20. The first kappa shape index (κ1) is 27.1. The average molecular weight is 520 g/mol. The SMILES string of the molecule is CCCOC(=O)N(Cc1c(F)cccc1F)c1sc(-c2ccc(NO)cc2)c(CN(C)C)c1C(=O)O. The van der Waals surface area contributed by atoms with Gasteiger partial charge in [-0.25, -0.2) is 18.4 Å². The van der Waals surface area contributed by atoms with Crippen LogP contribution in [0.25, 0.3) is 10.4 Å². The van der Waals surface area contributed by atoms with E-state index in [1.165, 1.54) is 6.07 Å². The van der Waals surface area contributed by atoms with Gasteiger partial charge in [-0.3, -0.25) is 15.6 Å². The number of anilines is 2. The number of nitrogens with one attached hydrogen (secondary N) is 1. The van der Waals surface area contributed by atoms with Crippen molar-refractivity contribution in [2.75, 3.05) is 31.1 Å². The molecule has 1 aromatic heterocycles. The Labute approximate surface area is 211 Å². The summed E-state index contributed by atoms with van der Waals surface area (Å²) in [6.07, 6.45) is -0.405. The fourth-order valence-electron chi connectivity index (χ4n) is 3.59. The molecule has 0 fully saturated rings. The van der Waals surface area contributed by atoms with E-state index in [0.29, 0.717) is 28.1 Å². The summed E-state index contributed by atoms with van der Waals surface area (Å²) < 4.78 is 34.3. The Morgan fingerprint density at radius 2 is 1.67 bits per heavy atom. The second-order valence-corrected chi connectivity index (χ2v) is 9.22. The van der Waals surface area contributed by atoms with E-state index >= 15 is 0 Å². The largest absolute Gasteiger partial charge is 0.478 e. The smallest absolute Gasteiger partial charge is 0.415 e. The molecular formula is C25H27F2N3O5S. The van der Waals surface area contributed by atoms with Crippen LogP contribution in [0, 0.1) is 11.6 Å². The molecule has 0 spiro atoms. The minimum Gasteiger partial charge on any atom is -0.478 e. The minimum atomic E-state index is -1.29. The molecule has 8 nitrogen and oxygen atoms in total. The summed E-state index contributed by atoms with van der Waals surface area (Å²) in [4.78, 5) is 28.9. The van der Waals surface area contributed by atoms with Crippen molar-refractivity contribution in [3.8, 4) is 10.4 Å². The first-order chi connectivity index (χ1) is 17.2. The normalized spacial score (nSPS) is 11.0. The van der Waals surface area contributed by atoms with Crippen LogP contribution < -0.4 is 10.4 Å². The topological polar surface area (TPSA) is 102 Å². The minimum absolute atomic E-state index is 0.00228. The van der Waals surface area contributed by atoms with Crippen LogP contribution in [0.4, 0.5) is 24.3 Å². The molecule has 0 aliphatic heterocycles. The Morgan fingerprint density at radius 3 is 2.19 bits per heavy atom. The van der Waals surface area contributed by atoms with Crippen molar-refractivity contribution < 1.29 is 33.4 Å².